The predicted octanol–water partition coefficient (Wildman–Crippen LogP) is 5.04. The number of likely N-dealkylation sites (tertiary alicyclic amines) is 1. The Hall–Kier alpha value is -2.82. The first-order chi connectivity index (χ1) is 14.6. The number of amides is 1. The van der Waals surface area contributed by atoms with Crippen molar-refractivity contribution in [2.24, 2.45) is 5.41 Å². The van der Waals surface area contributed by atoms with Gasteiger partial charge in [0.25, 0.3) is 0 Å². The number of hydrogen-bond donors (Lipinski definition) is 1. The Balaban J connectivity index is 1.35. The summed E-state index contributed by atoms with van der Waals surface area (Å²) in [5, 5.41) is 9.94. The smallest absolute Gasteiger partial charge is 0.410 e. The van der Waals surface area contributed by atoms with Crippen molar-refractivity contribution in [1.82, 2.24) is 4.90 Å². The van der Waals surface area contributed by atoms with Crippen LogP contribution in [-0.4, -0.2) is 41.3 Å². The molecule has 0 aromatic heterocycles. The summed E-state index contributed by atoms with van der Waals surface area (Å²) in [4.78, 5) is 26.6. The Bertz CT molecular complexity index is 933. The maximum absolute atomic E-state index is 13.0. The fourth-order valence-electron chi connectivity index (χ4n) is 5.99. The Labute approximate surface area is 176 Å². The normalized spacial score (nSPS) is 22.0. The van der Waals surface area contributed by atoms with Crippen LogP contribution >= 0.6 is 0 Å². The number of benzene rings is 2. The summed E-state index contributed by atoms with van der Waals surface area (Å²) in [6.45, 7) is 0.691. The number of carboxylic acid groups (broad SMARTS) is 1. The Morgan fingerprint density at radius 3 is 2.13 bits per heavy atom. The Kier molecular flexibility index (Phi) is 4.76. The summed E-state index contributed by atoms with van der Waals surface area (Å²) in [5.74, 6) is -0.918. The number of rotatable bonds is 3. The largest absolute Gasteiger partial charge is 0.480 e. The Morgan fingerprint density at radius 1 is 0.933 bits per heavy atom. The number of nitrogens with zero attached hydrogens (tertiary/aromatic N) is 1. The zero-order valence-corrected chi connectivity index (χ0v) is 17.0. The fourth-order valence-corrected chi connectivity index (χ4v) is 5.99. The van der Waals surface area contributed by atoms with E-state index in [2.05, 4.69) is 24.3 Å². The van der Waals surface area contributed by atoms with Crippen LogP contribution in [-0.2, 0) is 9.53 Å². The number of aliphatic carboxylic acids is 1. The highest BCUT2D eigenvalue weighted by Gasteiger charge is 2.53. The third kappa shape index (κ3) is 2.99. The van der Waals surface area contributed by atoms with Crippen molar-refractivity contribution in [3.05, 3.63) is 59.7 Å². The van der Waals surface area contributed by atoms with Gasteiger partial charge in [0.05, 0.1) is 0 Å². The van der Waals surface area contributed by atoms with Gasteiger partial charge in [-0.3, -0.25) is 4.90 Å². The molecule has 5 rings (SSSR count). The van der Waals surface area contributed by atoms with E-state index in [-0.39, 0.29) is 17.9 Å². The molecule has 0 radical (unpaired) electrons. The van der Waals surface area contributed by atoms with Crippen LogP contribution in [0.1, 0.15) is 55.6 Å². The van der Waals surface area contributed by atoms with E-state index in [4.69, 9.17) is 4.74 Å². The maximum atomic E-state index is 13.0. The van der Waals surface area contributed by atoms with Gasteiger partial charge in [0, 0.05) is 17.9 Å². The van der Waals surface area contributed by atoms with Crippen molar-refractivity contribution in [3.63, 3.8) is 0 Å². The monoisotopic (exact) mass is 405 g/mol. The summed E-state index contributed by atoms with van der Waals surface area (Å²) >= 11 is 0. The topological polar surface area (TPSA) is 66.8 Å². The number of ether oxygens (including phenoxy) is 1. The second-order valence-electron chi connectivity index (χ2n) is 8.91. The van der Waals surface area contributed by atoms with Crippen LogP contribution in [0.4, 0.5) is 4.79 Å². The van der Waals surface area contributed by atoms with Crippen LogP contribution in [0.15, 0.2) is 48.5 Å². The zero-order chi connectivity index (χ0) is 20.7. The van der Waals surface area contributed by atoms with E-state index in [1.807, 2.05) is 24.3 Å². The molecular formula is C25H27NO4. The van der Waals surface area contributed by atoms with Crippen molar-refractivity contribution in [3.8, 4) is 11.1 Å². The lowest BCUT2D eigenvalue weighted by atomic mass is 9.69. The van der Waals surface area contributed by atoms with Gasteiger partial charge in [-0.05, 0) is 41.5 Å². The van der Waals surface area contributed by atoms with Crippen molar-refractivity contribution in [1.29, 1.82) is 0 Å². The average molecular weight is 405 g/mol. The molecule has 2 aromatic carbocycles. The van der Waals surface area contributed by atoms with Crippen molar-refractivity contribution < 1.29 is 19.4 Å². The lowest BCUT2D eigenvalue weighted by Crippen LogP contribution is -2.49. The lowest BCUT2D eigenvalue weighted by molar-refractivity contribution is -0.146. The molecule has 1 saturated carbocycles. The van der Waals surface area contributed by atoms with Gasteiger partial charge >= 0.3 is 12.1 Å². The van der Waals surface area contributed by atoms with Crippen molar-refractivity contribution in [2.75, 3.05) is 13.2 Å². The molecule has 1 heterocycles. The van der Waals surface area contributed by atoms with Gasteiger partial charge in [0.1, 0.15) is 12.6 Å². The fraction of sp³-hybridized carbons (Fsp3) is 0.440. The van der Waals surface area contributed by atoms with E-state index in [0.29, 0.717) is 6.54 Å². The van der Waals surface area contributed by atoms with Gasteiger partial charge in [-0.25, -0.2) is 9.59 Å². The summed E-state index contributed by atoms with van der Waals surface area (Å²) in [7, 11) is 0. The molecule has 1 amide bonds. The minimum absolute atomic E-state index is 0.0177. The zero-order valence-electron chi connectivity index (χ0n) is 17.0. The molecule has 3 aliphatic rings. The molecule has 0 bridgehead atoms. The second kappa shape index (κ2) is 7.46. The standard InChI is InChI=1S/C25H27NO4/c27-23(28)22-25(12-6-1-7-13-25)14-15-26(22)24(29)30-16-21-19-10-4-2-8-17(19)18-9-3-5-11-20(18)21/h2-5,8-11,21-22H,1,6-7,12-16H2,(H,27,28). The molecule has 1 saturated heterocycles. The lowest BCUT2D eigenvalue weighted by Gasteiger charge is -2.38. The minimum Gasteiger partial charge on any atom is -0.480 e. The maximum Gasteiger partial charge on any atom is 0.410 e. The summed E-state index contributed by atoms with van der Waals surface area (Å²) in [5.41, 5.74) is 4.40. The van der Waals surface area contributed by atoms with Crippen LogP contribution < -0.4 is 0 Å². The van der Waals surface area contributed by atoms with Crippen molar-refractivity contribution in [2.45, 2.75) is 50.5 Å². The minimum atomic E-state index is -0.900. The van der Waals surface area contributed by atoms with Crippen LogP contribution in [0.3, 0.4) is 0 Å². The van der Waals surface area contributed by atoms with E-state index in [1.54, 1.807) is 0 Å². The van der Waals surface area contributed by atoms with Crippen LogP contribution in [0.5, 0.6) is 0 Å². The highest BCUT2D eigenvalue weighted by atomic mass is 16.6. The number of fused-ring (bicyclic) bond motifs is 3. The van der Waals surface area contributed by atoms with E-state index in [9.17, 15) is 14.7 Å². The molecule has 1 aliphatic heterocycles. The molecule has 30 heavy (non-hydrogen) atoms. The number of carbonyl (C=O) groups excluding carboxylic acids is 1. The molecule has 1 N–H and O–H groups in total. The quantitative estimate of drug-likeness (QED) is 0.776. The highest BCUT2D eigenvalue weighted by Crippen LogP contribution is 2.49. The van der Waals surface area contributed by atoms with Crippen LogP contribution in [0, 0.1) is 5.41 Å². The van der Waals surface area contributed by atoms with Crippen LogP contribution in [0.2, 0.25) is 0 Å². The molecule has 1 spiro atoms. The van der Waals surface area contributed by atoms with E-state index < -0.39 is 18.1 Å². The third-order valence-corrected chi connectivity index (χ3v) is 7.40. The molecule has 2 fully saturated rings. The van der Waals surface area contributed by atoms with Crippen LogP contribution in [0.25, 0.3) is 11.1 Å². The molecule has 1 atom stereocenters. The highest BCUT2D eigenvalue weighted by molar-refractivity contribution is 5.82. The molecule has 2 aliphatic carbocycles. The second-order valence-corrected chi connectivity index (χ2v) is 8.91. The summed E-state index contributed by atoms with van der Waals surface area (Å²) < 4.78 is 5.76. The molecule has 5 nitrogen and oxygen atoms in total. The van der Waals surface area contributed by atoms with Gasteiger partial charge in [-0.1, -0.05) is 67.8 Å². The first-order valence-corrected chi connectivity index (χ1v) is 11.0. The molecule has 5 heteroatoms. The van der Waals surface area contributed by atoms with E-state index in [1.165, 1.54) is 16.0 Å². The molecular weight excluding hydrogens is 378 g/mol. The predicted molar refractivity (Wildman–Crippen MR) is 113 cm³/mol. The van der Waals surface area contributed by atoms with Crippen molar-refractivity contribution >= 4 is 12.1 Å². The third-order valence-electron chi connectivity index (χ3n) is 7.40. The number of carbonyl (C=O) groups is 2. The SMILES string of the molecule is O=C(O)C1N(C(=O)OCC2c3ccccc3-c3ccccc32)CCC12CCCCC2. The molecule has 156 valence electrons. The molecule has 2 aromatic rings. The Morgan fingerprint density at radius 2 is 1.53 bits per heavy atom. The van der Waals surface area contributed by atoms with E-state index in [0.717, 1.165) is 49.7 Å². The average Bonchev–Trinajstić information content (AvgIpc) is 3.29. The van der Waals surface area contributed by atoms with Gasteiger partial charge in [0.15, 0.2) is 0 Å². The van der Waals surface area contributed by atoms with Gasteiger partial charge in [0.2, 0.25) is 0 Å². The van der Waals surface area contributed by atoms with Gasteiger partial charge < -0.3 is 9.84 Å². The summed E-state index contributed by atoms with van der Waals surface area (Å²) in [6, 6.07) is 15.7. The number of carboxylic acids is 1. The summed E-state index contributed by atoms with van der Waals surface area (Å²) in [6.07, 6.45) is 5.28. The van der Waals surface area contributed by atoms with E-state index >= 15 is 0 Å². The number of hydrogen-bond acceptors (Lipinski definition) is 3. The first-order valence-electron chi connectivity index (χ1n) is 11.0. The van der Waals surface area contributed by atoms with Gasteiger partial charge in [-0.15, -0.1) is 0 Å². The first kappa shape index (κ1) is 19.2. The van der Waals surface area contributed by atoms with Gasteiger partial charge in [-0.2, -0.15) is 0 Å². The molecule has 1 unspecified atom stereocenters.